The molecule has 2 nitrogen and oxygen atoms in total. The number of nitrogens with two attached hydrogens (primary N) is 1. The van der Waals surface area contributed by atoms with Crippen molar-refractivity contribution in [2.24, 2.45) is 5.73 Å². The molecular weight excluding hydrogens is 206 g/mol. The summed E-state index contributed by atoms with van der Waals surface area (Å²) in [7, 11) is 0. The Morgan fingerprint density at radius 3 is 2.29 bits per heavy atom. The molecule has 4 heteroatoms. The van der Waals surface area contributed by atoms with E-state index in [0.29, 0.717) is 0 Å². The fourth-order valence-corrected chi connectivity index (χ4v) is 0.246. The molecule has 0 aromatic rings. The summed E-state index contributed by atoms with van der Waals surface area (Å²) in [6.07, 6.45) is 0. The Labute approximate surface area is 62.0 Å². The molecule has 0 saturated heterocycles. The van der Waals surface area contributed by atoms with E-state index in [1.807, 2.05) is 0 Å². The molecule has 0 saturated carbocycles. The maximum Gasteiger partial charge on any atom is 0.280 e. The van der Waals surface area contributed by atoms with Crippen LogP contribution in [0.1, 0.15) is 0 Å². The number of hydrogen-bond donors (Lipinski definition) is 1. The van der Waals surface area contributed by atoms with Crippen LogP contribution in [-0.2, 0) is 22.4 Å². The van der Waals surface area contributed by atoms with Crippen molar-refractivity contribution in [1.29, 1.82) is 0 Å². The molecule has 0 rings (SSSR count). The summed E-state index contributed by atoms with van der Waals surface area (Å²) < 4.78 is 0. The molecule has 0 aliphatic rings. The van der Waals surface area contributed by atoms with E-state index in [1.54, 1.807) is 0 Å². The molecule has 0 aliphatic heterocycles. The van der Waals surface area contributed by atoms with Gasteiger partial charge in [0.15, 0.2) is 0 Å². The SMILES string of the molecule is C=CSC(N)=O.[Ag]. The monoisotopic (exact) mass is 210 g/mol. The largest absolute Gasteiger partial charge is 0.360 e. The smallest absolute Gasteiger partial charge is 0.280 e. The molecule has 7 heavy (non-hydrogen) atoms. The third-order valence-corrected chi connectivity index (χ3v) is 0.598. The Balaban J connectivity index is 0. The first-order valence-corrected chi connectivity index (χ1v) is 2.22. The second kappa shape index (κ2) is 6.30. The molecule has 0 heterocycles. The molecule has 0 aromatic carbocycles. The van der Waals surface area contributed by atoms with Crippen molar-refractivity contribution < 1.29 is 27.2 Å². The minimum Gasteiger partial charge on any atom is -0.360 e. The van der Waals surface area contributed by atoms with E-state index >= 15 is 0 Å². The quantitative estimate of drug-likeness (QED) is 0.656. The molecule has 0 aliphatic carbocycles. The van der Waals surface area contributed by atoms with Gasteiger partial charge in [0.1, 0.15) is 0 Å². The second-order valence-corrected chi connectivity index (χ2v) is 1.57. The zero-order valence-electron chi connectivity index (χ0n) is 3.48. The van der Waals surface area contributed by atoms with Crippen LogP contribution >= 0.6 is 11.8 Å². The van der Waals surface area contributed by atoms with E-state index in [-0.39, 0.29) is 22.4 Å². The predicted molar refractivity (Wildman–Crippen MR) is 27.4 cm³/mol. The summed E-state index contributed by atoms with van der Waals surface area (Å²) >= 11 is 0.889. The molecule has 1 amide bonds. The van der Waals surface area contributed by atoms with Crippen molar-refractivity contribution in [1.82, 2.24) is 0 Å². The fourth-order valence-electron chi connectivity index (χ4n) is 0.0821. The van der Waals surface area contributed by atoms with Gasteiger partial charge in [0.05, 0.1) is 0 Å². The molecule has 0 spiro atoms. The first-order chi connectivity index (χ1) is 2.77. The summed E-state index contributed by atoms with van der Waals surface area (Å²) in [5.41, 5.74) is 4.66. The Hall–Kier alpha value is 0.300. The van der Waals surface area contributed by atoms with Gasteiger partial charge >= 0.3 is 0 Å². The van der Waals surface area contributed by atoms with Crippen molar-refractivity contribution in [3.05, 3.63) is 12.0 Å². The summed E-state index contributed by atoms with van der Waals surface area (Å²) in [6.45, 7) is 3.26. The number of carbonyl (C=O) groups is 1. The molecule has 0 aromatic heterocycles. The van der Waals surface area contributed by atoms with Crippen molar-refractivity contribution in [2.75, 3.05) is 0 Å². The van der Waals surface area contributed by atoms with Crippen molar-refractivity contribution >= 4 is 17.0 Å². The number of thioether (sulfide) groups is 1. The predicted octanol–water partition coefficient (Wildman–Crippen LogP) is 0.939. The normalized spacial score (nSPS) is 6.29. The number of hydrogen-bond acceptors (Lipinski definition) is 2. The minimum atomic E-state index is -0.412. The average molecular weight is 211 g/mol. The van der Waals surface area contributed by atoms with Crippen molar-refractivity contribution in [3.8, 4) is 0 Å². The third kappa shape index (κ3) is 10.7. The second-order valence-electron chi connectivity index (χ2n) is 0.604. The van der Waals surface area contributed by atoms with Gasteiger partial charge in [-0.1, -0.05) is 6.58 Å². The summed E-state index contributed by atoms with van der Waals surface area (Å²) in [5.74, 6) is 0. The van der Waals surface area contributed by atoms with Gasteiger partial charge < -0.3 is 5.73 Å². The first kappa shape index (κ1) is 10.3. The molecular formula is C3H5AgNOS. The van der Waals surface area contributed by atoms with Crippen molar-refractivity contribution in [2.45, 2.75) is 0 Å². The summed E-state index contributed by atoms with van der Waals surface area (Å²) in [6, 6.07) is 0. The zero-order valence-corrected chi connectivity index (χ0v) is 5.78. The van der Waals surface area contributed by atoms with E-state index in [9.17, 15) is 4.79 Å². The first-order valence-electron chi connectivity index (χ1n) is 1.34. The molecule has 0 unspecified atom stereocenters. The average Bonchev–Trinajstić information content (AvgIpc) is 1.35. The van der Waals surface area contributed by atoms with Crippen LogP contribution in [0.5, 0.6) is 0 Å². The van der Waals surface area contributed by atoms with Gasteiger partial charge in [0, 0.05) is 22.4 Å². The van der Waals surface area contributed by atoms with Crippen LogP contribution < -0.4 is 5.73 Å². The van der Waals surface area contributed by atoms with Gasteiger partial charge in [0.25, 0.3) is 5.24 Å². The number of primary amides is 1. The molecule has 0 atom stereocenters. The van der Waals surface area contributed by atoms with Gasteiger partial charge in [-0.3, -0.25) is 4.79 Å². The maximum atomic E-state index is 9.71. The van der Waals surface area contributed by atoms with Crippen LogP contribution in [0.4, 0.5) is 4.79 Å². The number of amides is 1. The molecule has 2 N–H and O–H groups in total. The minimum absolute atomic E-state index is 0. The van der Waals surface area contributed by atoms with Gasteiger partial charge in [-0.25, -0.2) is 0 Å². The number of carbonyl (C=O) groups excluding carboxylic acids is 1. The van der Waals surface area contributed by atoms with Crippen LogP contribution in [0.3, 0.4) is 0 Å². The van der Waals surface area contributed by atoms with Gasteiger partial charge in [-0.05, 0) is 17.2 Å². The third-order valence-electron chi connectivity index (χ3n) is 0.199. The molecule has 0 bridgehead atoms. The summed E-state index contributed by atoms with van der Waals surface area (Å²) in [4.78, 5) is 9.71. The maximum absolute atomic E-state index is 9.71. The topological polar surface area (TPSA) is 43.1 Å². The molecule has 1 radical (unpaired) electrons. The zero-order chi connectivity index (χ0) is 4.99. The van der Waals surface area contributed by atoms with Crippen LogP contribution in [0.25, 0.3) is 0 Å². The van der Waals surface area contributed by atoms with Crippen LogP contribution in [0.15, 0.2) is 12.0 Å². The van der Waals surface area contributed by atoms with Crippen LogP contribution in [0.2, 0.25) is 0 Å². The van der Waals surface area contributed by atoms with Gasteiger partial charge in [0.2, 0.25) is 0 Å². The standard InChI is InChI=1S/C3H5NOS.Ag/c1-2-6-3(4)5;/h2H,1H2,(H2,4,5);. The van der Waals surface area contributed by atoms with E-state index in [1.165, 1.54) is 5.41 Å². The van der Waals surface area contributed by atoms with Crippen LogP contribution in [-0.4, -0.2) is 5.24 Å². The Kier molecular flexibility index (Phi) is 9.28. The van der Waals surface area contributed by atoms with Crippen molar-refractivity contribution in [3.63, 3.8) is 0 Å². The van der Waals surface area contributed by atoms with E-state index < -0.39 is 5.24 Å². The fraction of sp³-hybridized carbons (Fsp3) is 0. The van der Waals surface area contributed by atoms with E-state index in [2.05, 4.69) is 12.3 Å². The van der Waals surface area contributed by atoms with E-state index in [4.69, 9.17) is 0 Å². The van der Waals surface area contributed by atoms with Crippen LogP contribution in [0, 0.1) is 0 Å². The Bertz CT molecular complexity index is 75.3. The molecule has 45 valence electrons. The summed E-state index contributed by atoms with van der Waals surface area (Å²) in [5, 5.41) is 0.979. The van der Waals surface area contributed by atoms with Gasteiger partial charge in [-0.15, -0.1) is 0 Å². The number of rotatable bonds is 1. The van der Waals surface area contributed by atoms with E-state index in [0.717, 1.165) is 11.8 Å². The Morgan fingerprint density at radius 2 is 2.29 bits per heavy atom. The Morgan fingerprint density at radius 1 is 1.86 bits per heavy atom. The van der Waals surface area contributed by atoms with Gasteiger partial charge in [-0.2, -0.15) is 0 Å². The molecule has 0 fully saturated rings.